The van der Waals surface area contributed by atoms with Crippen molar-refractivity contribution in [2.45, 2.75) is 19.8 Å². The molecule has 0 aliphatic rings. The zero-order valence-electron chi connectivity index (χ0n) is 13.5. The van der Waals surface area contributed by atoms with Crippen LogP contribution in [-0.2, 0) is 0 Å². The van der Waals surface area contributed by atoms with Crippen molar-refractivity contribution in [1.82, 2.24) is 10.1 Å². The first-order chi connectivity index (χ1) is 11.8. The molecule has 0 atom stereocenters. The average Bonchev–Trinajstić information content (AvgIpc) is 2.60. The summed E-state index contributed by atoms with van der Waals surface area (Å²) in [7, 11) is 0. The maximum Gasteiger partial charge on any atom is 0.169 e. The second-order valence-electron chi connectivity index (χ2n) is 4.96. The zero-order valence-corrected chi connectivity index (χ0v) is 14.3. The number of para-hydroxylation sites is 1. The molecule has 126 valence electrons. The Morgan fingerprint density at radius 1 is 1.25 bits per heavy atom. The Morgan fingerprint density at radius 2 is 2.08 bits per heavy atom. The van der Waals surface area contributed by atoms with Crippen LogP contribution in [0, 0.1) is 5.31 Å². The van der Waals surface area contributed by atoms with E-state index in [0.717, 1.165) is 24.9 Å². The van der Waals surface area contributed by atoms with Gasteiger partial charge in [0.15, 0.2) is 11.5 Å². The molecule has 0 aliphatic carbocycles. The van der Waals surface area contributed by atoms with Crippen molar-refractivity contribution in [3.05, 3.63) is 54.1 Å². The van der Waals surface area contributed by atoms with Crippen LogP contribution in [0.3, 0.4) is 0 Å². The molecule has 0 aromatic heterocycles. The summed E-state index contributed by atoms with van der Waals surface area (Å²) in [4.78, 5) is 0. The van der Waals surface area contributed by atoms with Crippen LogP contribution in [0.15, 0.2) is 53.6 Å². The quantitative estimate of drug-likeness (QED) is 0.233. The topological polar surface area (TPSA) is 65.9 Å². The van der Waals surface area contributed by atoms with E-state index in [9.17, 15) is 5.11 Å². The van der Waals surface area contributed by atoms with Gasteiger partial charge < -0.3 is 9.84 Å². The van der Waals surface area contributed by atoms with Gasteiger partial charge in [-0.15, -0.1) is 0 Å². The maximum atomic E-state index is 10.0. The summed E-state index contributed by atoms with van der Waals surface area (Å²) in [6, 6.07) is 14.4. The lowest BCUT2D eigenvalue weighted by Crippen LogP contribution is -2.02. The minimum Gasteiger partial charge on any atom is -0.504 e. The van der Waals surface area contributed by atoms with Crippen LogP contribution in [0.2, 0.25) is 0 Å². The highest BCUT2D eigenvalue weighted by atomic mass is 32.1. The monoisotopic (exact) mass is 343 g/mol. The van der Waals surface area contributed by atoms with Crippen LogP contribution in [0.5, 0.6) is 17.2 Å². The molecular weight excluding hydrogens is 322 g/mol. The van der Waals surface area contributed by atoms with E-state index in [1.165, 1.54) is 11.4 Å². The summed E-state index contributed by atoms with van der Waals surface area (Å²) < 4.78 is 8.76. The van der Waals surface area contributed by atoms with Gasteiger partial charge in [-0.25, -0.2) is 10.1 Å². The van der Waals surface area contributed by atoms with Crippen molar-refractivity contribution < 1.29 is 9.84 Å². The third kappa shape index (κ3) is 6.30. The van der Waals surface area contributed by atoms with E-state index in [4.69, 9.17) is 4.74 Å². The van der Waals surface area contributed by atoms with E-state index in [2.05, 4.69) is 27.5 Å². The number of unbranched alkanes of at least 4 members (excludes halogenated alkanes) is 1. The molecule has 2 aromatic carbocycles. The van der Waals surface area contributed by atoms with Crippen molar-refractivity contribution in [1.29, 1.82) is 0 Å². The van der Waals surface area contributed by atoms with Crippen LogP contribution in [0.25, 0.3) is 0 Å². The van der Waals surface area contributed by atoms with Gasteiger partial charge in [-0.1, -0.05) is 31.5 Å². The first kappa shape index (κ1) is 17.8. The highest BCUT2D eigenvalue weighted by Crippen LogP contribution is 2.30. The number of aromatic hydroxyl groups is 1. The highest BCUT2D eigenvalue weighted by molar-refractivity contribution is 7.86. The van der Waals surface area contributed by atoms with Gasteiger partial charge in [-0.05, 0) is 53.7 Å². The molecule has 0 unspecified atom stereocenters. The second-order valence-corrected chi connectivity index (χ2v) is 5.66. The van der Waals surface area contributed by atoms with E-state index >= 15 is 0 Å². The summed E-state index contributed by atoms with van der Waals surface area (Å²) in [6.07, 6.45) is 3.90. The number of hydrazone groups is 1. The molecule has 0 saturated carbocycles. The third-order valence-corrected chi connectivity index (χ3v) is 3.58. The van der Waals surface area contributed by atoms with Gasteiger partial charge >= 0.3 is 0 Å². The molecule has 2 rings (SSSR count). The summed E-state index contributed by atoms with van der Waals surface area (Å²) in [5.41, 5.74) is 3.45. The minimum absolute atomic E-state index is 0.0615. The number of rotatable bonds is 7. The normalized spacial score (nSPS) is 10.4. The van der Waals surface area contributed by atoms with Crippen molar-refractivity contribution in [2.75, 3.05) is 6.54 Å². The van der Waals surface area contributed by atoms with Gasteiger partial charge in [-0.2, -0.15) is 5.10 Å². The molecule has 0 fully saturated rings. The van der Waals surface area contributed by atoms with Crippen molar-refractivity contribution in [3.63, 3.8) is 0 Å². The Bertz CT molecular complexity index is 724. The molecule has 0 spiro atoms. The Morgan fingerprint density at radius 3 is 2.83 bits per heavy atom. The van der Waals surface area contributed by atoms with Crippen molar-refractivity contribution >= 4 is 17.6 Å². The molecule has 0 aliphatic heterocycles. The molecule has 5 nitrogen and oxygen atoms in total. The molecule has 6 heteroatoms. The highest BCUT2D eigenvalue weighted by Gasteiger charge is 2.04. The molecule has 0 radical (unpaired) electrons. The van der Waals surface area contributed by atoms with Gasteiger partial charge in [0.1, 0.15) is 5.75 Å². The van der Waals surface area contributed by atoms with E-state index in [1.807, 2.05) is 36.4 Å². The lowest BCUT2D eigenvalue weighted by molar-refractivity contribution is 0.411. The summed E-state index contributed by atoms with van der Waals surface area (Å²) in [6.45, 7) is 3.09. The molecule has 2 aromatic rings. The van der Waals surface area contributed by atoms with Gasteiger partial charge in [0.05, 0.1) is 11.5 Å². The SMILES string of the molecule is CCCCNS#CN/N=C/c1ccc(Oc2ccccc2)c(O)c1. The maximum absolute atomic E-state index is 10.0. The first-order valence-electron chi connectivity index (χ1n) is 7.77. The standard InChI is InChI=1S/C18H21N3O2S/c1-2-3-11-21-24-14-20-19-13-15-9-10-18(17(22)12-15)23-16-7-5-4-6-8-16/h4-10,12-13,20-22H,2-3,11H2,1H3/b19-13+. The fraction of sp³-hybridized carbons (Fsp3) is 0.222. The van der Waals surface area contributed by atoms with Crippen molar-refractivity contribution in [2.24, 2.45) is 5.10 Å². The number of nitrogens with one attached hydrogen (secondary N) is 2. The molecule has 3 N–H and O–H groups in total. The van der Waals surface area contributed by atoms with Gasteiger partial charge in [0, 0.05) is 6.54 Å². The number of hydrogen-bond acceptors (Lipinski definition) is 5. The van der Waals surface area contributed by atoms with E-state index in [-0.39, 0.29) is 5.75 Å². The van der Waals surface area contributed by atoms with Crippen LogP contribution < -0.4 is 14.9 Å². The van der Waals surface area contributed by atoms with Crippen LogP contribution in [0.4, 0.5) is 0 Å². The van der Waals surface area contributed by atoms with Crippen molar-refractivity contribution in [3.8, 4) is 22.6 Å². The second kappa shape index (κ2) is 10.3. The number of phenols is 1. The Labute approximate surface area is 146 Å². The summed E-state index contributed by atoms with van der Waals surface area (Å²) in [5, 5.41) is 16.9. The van der Waals surface area contributed by atoms with Gasteiger partial charge in [-0.3, -0.25) is 0 Å². The number of phenolic OH excluding ortho intramolecular Hbond substituents is 1. The molecule has 0 bridgehead atoms. The van der Waals surface area contributed by atoms with Crippen LogP contribution in [0.1, 0.15) is 25.3 Å². The number of ether oxygens (including phenoxy) is 1. The van der Waals surface area contributed by atoms with Gasteiger partial charge in [0.25, 0.3) is 0 Å². The largest absolute Gasteiger partial charge is 0.504 e. The summed E-state index contributed by atoms with van der Waals surface area (Å²) >= 11 is 1.34. The number of hydrogen-bond donors (Lipinski definition) is 3. The fourth-order valence-electron chi connectivity index (χ4n) is 1.81. The molecule has 0 amide bonds. The fourth-order valence-corrected chi connectivity index (χ4v) is 2.23. The first-order valence-corrected chi connectivity index (χ1v) is 8.59. The Kier molecular flexibility index (Phi) is 7.63. The average molecular weight is 343 g/mol. The minimum atomic E-state index is 0.0615. The summed E-state index contributed by atoms with van der Waals surface area (Å²) in [5.74, 6) is 1.14. The zero-order chi connectivity index (χ0) is 17.0. The third-order valence-electron chi connectivity index (χ3n) is 3.03. The molecule has 0 heterocycles. The lowest BCUT2D eigenvalue weighted by atomic mass is 10.2. The van der Waals surface area contributed by atoms with Crippen LogP contribution in [-0.4, -0.2) is 17.9 Å². The molecule has 24 heavy (non-hydrogen) atoms. The Hall–Kier alpha value is -2.53. The van der Waals surface area contributed by atoms with Crippen LogP contribution >= 0.6 is 11.4 Å². The molecule has 0 saturated heterocycles. The number of nitrogens with zero attached hydrogens (tertiary/aromatic N) is 1. The van der Waals surface area contributed by atoms with Gasteiger partial charge in [0.2, 0.25) is 0 Å². The number of benzene rings is 2. The lowest BCUT2D eigenvalue weighted by Gasteiger charge is -2.07. The smallest absolute Gasteiger partial charge is 0.169 e. The van der Waals surface area contributed by atoms with E-state index in [1.54, 1.807) is 18.3 Å². The van der Waals surface area contributed by atoms with E-state index in [0.29, 0.717) is 11.5 Å². The van der Waals surface area contributed by atoms with E-state index < -0.39 is 0 Å². The predicted molar refractivity (Wildman–Crippen MR) is 99.7 cm³/mol. The molecular formula is C18H21N3O2S. The predicted octanol–water partition coefficient (Wildman–Crippen LogP) is 4.06. The Balaban J connectivity index is 1.86.